The third-order valence-corrected chi connectivity index (χ3v) is 5.64. The summed E-state index contributed by atoms with van der Waals surface area (Å²) in [5.41, 5.74) is 3.74. The Balaban J connectivity index is 1.71. The molecular formula is C20H19IOS. The molecule has 23 heavy (non-hydrogen) atoms. The third kappa shape index (κ3) is 4.36. The van der Waals surface area contributed by atoms with Crippen molar-refractivity contribution < 1.29 is 4.74 Å². The molecule has 0 atom stereocenters. The summed E-state index contributed by atoms with van der Waals surface area (Å²) in [5.74, 6) is 0.951. The van der Waals surface area contributed by atoms with E-state index < -0.39 is 0 Å². The lowest BCUT2D eigenvalue weighted by atomic mass is 10.0. The Labute approximate surface area is 155 Å². The minimum Gasteiger partial charge on any atom is -0.494 e. The van der Waals surface area contributed by atoms with E-state index in [0.29, 0.717) is 0 Å². The Kier molecular flexibility index (Phi) is 5.73. The SMILES string of the molecule is CCCCOc1ccc(-c2ccc(-c3ccc(I)s3)cc2)cc1. The summed E-state index contributed by atoms with van der Waals surface area (Å²) in [5, 5.41) is 0. The highest BCUT2D eigenvalue weighted by Crippen LogP contribution is 2.31. The average molecular weight is 434 g/mol. The highest BCUT2D eigenvalue weighted by atomic mass is 127. The lowest BCUT2D eigenvalue weighted by molar-refractivity contribution is 0.309. The van der Waals surface area contributed by atoms with Crippen molar-refractivity contribution in [2.45, 2.75) is 19.8 Å². The van der Waals surface area contributed by atoms with E-state index in [0.717, 1.165) is 25.2 Å². The molecule has 1 aromatic heterocycles. The van der Waals surface area contributed by atoms with Gasteiger partial charge in [0.15, 0.2) is 0 Å². The zero-order chi connectivity index (χ0) is 16.1. The maximum absolute atomic E-state index is 5.72. The number of hydrogen-bond acceptors (Lipinski definition) is 2. The van der Waals surface area contributed by atoms with E-state index in [-0.39, 0.29) is 0 Å². The smallest absolute Gasteiger partial charge is 0.119 e. The van der Waals surface area contributed by atoms with Gasteiger partial charge in [0.25, 0.3) is 0 Å². The van der Waals surface area contributed by atoms with Crippen LogP contribution in [0.25, 0.3) is 21.6 Å². The van der Waals surface area contributed by atoms with Crippen molar-refractivity contribution in [3.05, 3.63) is 63.5 Å². The average Bonchev–Trinajstić information content (AvgIpc) is 3.02. The van der Waals surface area contributed by atoms with Crippen LogP contribution in [0.3, 0.4) is 0 Å². The first-order chi connectivity index (χ1) is 11.3. The van der Waals surface area contributed by atoms with Crippen LogP contribution in [-0.2, 0) is 0 Å². The molecule has 0 bridgehead atoms. The van der Waals surface area contributed by atoms with E-state index in [1.807, 2.05) is 11.3 Å². The molecule has 0 N–H and O–H groups in total. The Bertz CT molecular complexity index is 744. The Morgan fingerprint density at radius 3 is 2.00 bits per heavy atom. The van der Waals surface area contributed by atoms with Crippen LogP contribution in [0.5, 0.6) is 5.75 Å². The van der Waals surface area contributed by atoms with Crippen LogP contribution in [0.15, 0.2) is 60.7 Å². The highest BCUT2D eigenvalue weighted by Gasteiger charge is 2.03. The largest absolute Gasteiger partial charge is 0.494 e. The Morgan fingerprint density at radius 2 is 1.43 bits per heavy atom. The van der Waals surface area contributed by atoms with Crippen molar-refractivity contribution in [2.24, 2.45) is 0 Å². The van der Waals surface area contributed by atoms with Crippen LogP contribution in [0, 0.1) is 2.88 Å². The standard InChI is InChI=1S/C20H19IOS/c1-2-3-14-22-18-10-8-16(9-11-18)15-4-6-17(7-5-15)19-12-13-20(21)23-19/h4-13H,2-3,14H2,1H3. The molecule has 1 nitrogen and oxygen atoms in total. The molecule has 0 saturated carbocycles. The quantitative estimate of drug-likeness (QED) is 0.304. The van der Waals surface area contributed by atoms with E-state index in [2.05, 4.69) is 90.2 Å². The number of rotatable bonds is 6. The number of hydrogen-bond donors (Lipinski definition) is 0. The molecule has 2 aromatic carbocycles. The minimum atomic E-state index is 0.796. The van der Waals surface area contributed by atoms with Crippen molar-refractivity contribution >= 4 is 33.9 Å². The number of thiophene rings is 1. The Hall–Kier alpha value is -1.33. The number of halogens is 1. The van der Waals surface area contributed by atoms with Gasteiger partial charge in [-0.1, -0.05) is 49.7 Å². The summed E-state index contributed by atoms with van der Waals surface area (Å²) in [6.07, 6.45) is 2.26. The predicted molar refractivity (Wildman–Crippen MR) is 108 cm³/mol. The van der Waals surface area contributed by atoms with Gasteiger partial charge in [-0.15, -0.1) is 11.3 Å². The summed E-state index contributed by atoms with van der Waals surface area (Å²) < 4.78 is 7.04. The number of unbranched alkanes of at least 4 members (excludes halogenated alkanes) is 1. The normalized spacial score (nSPS) is 10.7. The molecule has 0 aliphatic heterocycles. The first-order valence-corrected chi connectivity index (χ1v) is 9.75. The van der Waals surface area contributed by atoms with E-state index in [4.69, 9.17) is 4.74 Å². The van der Waals surface area contributed by atoms with Crippen LogP contribution in [-0.4, -0.2) is 6.61 Å². The maximum Gasteiger partial charge on any atom is 0.119 e. The second-order valence-electron chi connectivity index (χ2n) is 5.41. The van der Waals surface area contributed by atoms with E-state index >= 15 is 0 Å². The van der Waals surface area contributed by atoms with Crippen molar-refractivity contribution in [2.75, 3.05) is 6.61 Å². The summed E-state index contributed by atoms with van der Waals surface area (Å²) >= 11 is 4.19. The molecule has 0 saturated heterocycles. The maximum atomic E-state index is 5.72. The molecule has 0 spiro atoms. The minimum absolute atomic E-state index is 0.796. The molecule has 0 unspecified atom stereocenters. The van der Waals surface area contributed by atoms with Gasteiger partial charge in [-0.25, -0.2) is 0 Å². The van der Waals surface area contributed by atoms with Crippen molar-refractivity contribution in [3.8, 4) is 27.3 Å². The fraction of sp³-hybridized carbons (Fsp3) is 0.200. The lowest BCUT2D eigenvalue weighted by Crippen LogP contribution is -1.95. The molecule has 0 aliphatic carbocycles. The highest BCUT2D eigenvalue weighted by molar-refractivity contribution is 14.1. The van der Waals surface area contributed by atoms with E-state index in [1.165, 1.54) is 24.5 Å². The van der Waals surface area contributed by atoms with Gasteiger partial charge < -0.3 is 4.74 Å². The first-order valence-electron chi connectivity index (χ1n) is 7.85. The van der Waals surface area contributed by atoms with Gasteiger partial charge in [0.2, 0.25) is 0 Å². The van der Waals surface area contributed by atoms with Crippen LogP contribution >= 0.6 is 33.9 Å². The van der Waals surface area contributed by atoms with Crippen LogP contribution in [0.1, 0.15) is 19.8 Å². The molecule has 1 heterocycles. The third-order valence-electron chi connectivity index (χ3n) is 3.70. The second-order valence-corrected chi connectivity index (χ2v) is 8.39. The predicted octanol–water partition coefficient (Wildman–Crippen LogP) is 6.87. The molecule has 0 fully saturated rings. The number of benzene rings is 2. The van der Waals surface area contributed by atoms with Gasteiger partial charge in [0.05, 0.1) is 9.49 Å². The zero-order valence-electron chi connectivity index (χ0n) is 13.1. The van der Waals surface area contributed by atoms with Crippen LogP contribution in [0.2, 0.25) is 0 Å². The summed E-state index contributed by atoms with van der Waals surface area (Å²) in [4.78, 5) is 1.32. The summed E-state index contributed by atoms with van der Waals surface area (Å²) in [6, 6.07) is 21.5. The molecule has 118 valence electrons. The van der Waals surface area contributed by atoms with Gasteiger partial charge >= 0.3 is 0 Å². The van der Waals surface area contributed by atoms with Gasteiger partial charge in [-0.2, -0.15) is 0 Å². The fourth-order valence-corrected chi connectivity index (χ4v) is 4.00. The van der Waals surface area contributed by atoms with Crippen molar-refractivity contribution in [1.82, 2.24) is 0 Å². The van der Waals surface area contributed by atoms with Gasteiger partial charge in [0.1, 0.15) is 5.75 Å². The summed E-state index contributed by atoms with van der Waals surface area (Å²) in [6.45, 7) is 2.97. The molecule has 0 aliphatic rings. The molecule has 0 amide bonds. The number of ether oxygens (including phenoxy) is 1. The van der Waals surface area contributed by atoms with Crippen molar-refractivity contribution in [3.63, 3.8) is 0 Å². The lowest BCUT2D eigenvalue weighted by Gasteiger charge is -2.07. The van der Waals surface area contributed by atoms with E-state index in [9.17, 15) is 0 Å². The van der Waals surface area contributed by atoms with Crippen LogP contribution in [0.4, 0.5) is 0 Å². The van der Waals surface area contributed by atoms with Crippen LogP contribution < -0.4 is 4.74 Å². The zero-order valence-corrected chi connectivity index (χ0v) is 16.1. The van der Waals surface area contributed by atoms with E-state index in [1.54, 1.807) is 0 Å². The Morgan fingerprint density at radius 1 is 0.826 bits per heavy atom. The molecule has 3 aromatic rings. The molecule has 3 heteroatoms. The molecule has 0 radical (unpaired) electrons. The van der Waals surface area contributed by atoms with Gasteiger partial charge in [-0.3, -0.25) is 0 Å². The molecular weight excluding hydrogens is 415 g/mol. The first kappa shape index (κ1) is 16.5. The van der Waals surface area contributed by atoms with Gasteiger partial charge in [0, 0.05) is 4.88 Å². The second kappa shape index (κ2) is 7.97. The fourth-order valence-electron chi connectivity index (χ4n) is 2.37. The van der Waals surface area contributed by atoms with Gasteiger partial charge in [-0.05, 0) is 70.0 Å². The molecule has 3 rings (SSSR count). The topological polar surface area (TPSA) is 9.23 Å². The van der Waals surface area contributed by atoms with Crippen molar-refractivity contribution in [1.29, 1.82) is 0 Å². The summed E-state index contributed by atoms with van der Waals surface area (Å²) in [7, 11) is 0. The monoisotopic (exact) mass is 434 g/mol.